The van der Waals surface area contributed by atoms with E-state index in [0.717, 1.165) is 59.4 Å². The van der Waals surface area contributed by atoms with Crippen molar-refractivity contribution in [3.8, 4) is 5.75 Å². The number of aromatic amines is 1. The molecule has 3 N–H and O–H groups in total. The number of nitrogens with zero attached hydrogens (tertiary/aromatic N) is 3. The van der Waals surface area contributed by atoms with Crippen LogP contribution in [0.2, 0.25) is 18.6 Å². The Balaban J connectivity index is 1.10. The van der Waals surface area contributed by atoms with E-state index in [9.17, 15) is 9.90 Å². The summed E-state index contributed by atoms with van der Waals surface area (Å²) in [5.74, 6) is 1.23. The molecule has 5 aromatic rings. The summed E-state index contributed by atoms with van der Waals surface area (Å²) in [5.41, 5.74) is 5.29. The lowest BCUT2D eigenvalue weighted by Crippen LogP contribution is -2.50. The standard InChI is InChI=1S/C38H47N5O4Si/c1-26-35(18-11-27-9-12-29(13-10-27)40-37(45)23-28-24-39-34-8-6-5-7-33(28)34)47-36(19-21-43-25-30(20-22-44)41-42-43)38(26)48(3,4)32-16-14-31(46-2)15-17-32/h5-10,12-17,24-26,35-36,38-39,44H,11,18-23H2,1-4H3,(H,40,45)/t26-,35+,36-,38+/m0/s1. The first-order valence-corrected chi connectivity index (χ1v) is 20.1. The van der Waals surface area contributed by atoms with E-state index in [0.29, 0.717) is 24.3 Å². The normalized spacial score (nSPS) is 19.5. The second-order valence-electron chi connectivity index (χ2n) is 13.6. The topological polar surface area (TPSA) is 114 Å². The highest BCUT2D eigenvalue weighted by atomic mass is 28.3. The lowest BCUT2D eigenvalue weighted by Gasteiger charge is -2.36. The molecule has 0 saturated carbocycles. The summed E-state index contributed by atoms with van der Waals surface area (Å²) in [4.78, 5) is 16.1. The van der Waals surface area contributed by atoms with Crippen LogP contribution in [-0.2, 0) is 35.3 Å². The number of aliphatic hydroxyl groups is 1. The van der Waals surface area contributed by atoms with Crippen molar-refractivity contribution in [2.24, 2.45) is 5.92 Å². The number of carbonyl (C=O) groups is 1. The van der Waals surface area contributed by atoms with Crippen LogP contribution in [0.1, 0.15) is 36.6 Å². The zero-order valence-electron chi connectivity index (χ0n) is 28.4. The van der Waals surface area contributed by atoms with Gasteiger partial charge in [-0.2, -0.15) is 0 Å². The molecule has 0 aliphatic carbocycles. The quantitative estimate of drug-likeness (QED) is 0.127. The molecule has 0 radical (unpaired) electrons. The number of aliphatic hydroxyl groups excluding tert-OH is 1. The van der Waals surface area contributed by atoms with Crippen LogP contribution in [0, 0.1) is 5.92 Å². The van der Waals surface area contributed by atoms with Crippen LogP contribution in [-0.4, -0.2) is 65.0 Å². The number of hydrogen-bond acceptors (Lipinski definition) is 6. The largest absolute Gasteiger partial charge is 0.497 e. The van der Waals surface area contributed by atoms with Gasteiger partial charge in [0.2, 0.25) is 5.91 Å². The van der Waals surface area contributed by atoms with Gasteiger partial charge in [-0.25, -0.2) is 0 Å². The van der Waals surface area contributed by atoms with E-state index in [1.165, 1.54) is 10.8 Å². The van der Waals surface area contributed by atoms with Gasteiger partial charge in [-0.3, -0.25) is 9.48 Å². The minimum Gasteiger partial charge on any atom is -0.497 e. The van der Waals surface area contributed by atoms with E-state index in [2.05, 4.69) is 77.0 Å². The van der Waals surface area contributed by atoms with Crippen LogP contribution in [0.5, 0.6) is 5.75 Å². The average Bonchev–Trinajstić information content (AvgIpc) is 3.81. The minimum absolute atomic E-state index is 0.0306. The van der Waals surface area contributed by atoms with Crippen LogP contribution in [0.4, 0.5) is 5.69 Å². The van der Waals surface area contributed by atoms with Crippen molar-refractivity contribution in [2.45, 2.75) is 76.4 Å². The monoisotopic (exact) mass is 665 g/mol. The van der Waals surface area contributed by atoms with E-state index in [1.807, 2.05) is 53.5 Å². The molecule has 0 unspecified atom stereocenters. The summed E-state index contributed by atoms with van der Waals surface area (Å²) < 4.78 is 14.3. The Morgan fingerprint density at radius 3 is 2.54 bits per heavy atom. The maximum atomic E-state index is 12.8. The Morgan fingerprint density at radius 1 is 1.02 bits per heavy atom. The third kappa shape index (κ3) is 7.56. The molecule has 10 heteroatoms. The molecule has 1 saturated heterocycles. The molecule has 2 aromatic heterocycles. The first-order chi connectivity index (χ1) is 23.2. The SMILES string of the molecule is COc1ccc([Si](C)(C)[C@@H]2[C@@H](C)[C@@H](CCc3ccc(NC(=O)Cc4c[nH]c5ccccc45)cc3)O[C@H]2CCn2cc(CCO)nn2)cc1. The second kappa shape index (κ2) is 14.9. The first-order valence-electron chi connectivity index (χ1n) is 17.0. The first kappa shape index (κ1) is 33.6. The number of fused-ring (bicyclic) bond motifs is 1. The predicted molar refractivity (Wildman–Crippen MR) is 193 cm³/mol. The van der Waals surface area contributed by atoms with Crippen molar-refractivity contribution in [2.75, 3.05) is 19.0 Å². The van der Waals surface area contributed by atoms with Gasteiger partial charge in [0.05, 0.1) is 39.5 Å². The lowest BCUT2D eigenvalue weighted by molar-refractivity contribution is -0.115. The summed E-state index contributed by atoms with van der Waals surface area (Å²) in [6.07, 6.45) is 7.61. The number of carbonyl (C=O) groups excluding carboxylic acids is 1. The number of benzene rings is 3. The van der Waals surface area contributed by atoms with Gasteiger partial charge in [-0.05, 0) is 72.2 Å². The average molecular weight is 666 g/mol. The highest BCUT2D eigenvalue weighted by Gasteiger charge is 2.50. The molecule has 6 rings (SSSR count). The molecule has 1 amide bonds. The fourth-order valence-electron chi connectivity index (χ4n) is 7.57. The number of ether oxygens (including phenoxy) is 2. The summed E-state index contributed by atoms with van der Waals surface area (Å²) in [7, 11) is -0.262. The number of H-pyrrole nitrogens is 1. The summed E-state index contributed by atoms with van der Waals surface area (Å²) >= 11 is 0. The minimum atomic E-state index is -1.97. The molecule has 48 heavy (non-hydrogen) atoms. The summed E-state index contributed by atoms with van der Waals surface area (Å²) in [6, 6.07) is 24.9. The van der Waals surface area contributed by atoms with Crippen molar-refractivity contribution in [3.63, 3.8) is 0 Å². The Bertz CT molecular complexity index is 1800. The van der Waals surface area contributed by atoms with E-state index in [-0.39, 0.29) is 24.7 Å². The van der Waals surface area contributed by atoms with Crippen LogP contribution in [0.3, 0.4) is 0 Å². The number of para-hydroxylation sites is 1. The molecule has 252 valence electrons. The highest BCUT2D eigenvalue weighted by molar-refractivity contribution is 6.91. The molecule has 3 aromatic carbocycles. The fraction of sp³-hybridized carbons (Fsp3) is 0.395. The van der Waals surface area contributed by atoms with Gasteiger partial charge >= 0.3 is 0 Å². The van der Waals surface area contributed by atoms with Crippen LogP contribution >= 0.6 is 0 Å². The number of hydrogen-bond donors (Lipinski definition) is 3. The maximum absolute atomic E-state index is 12.8. The number of methoxy groups -OCH3 is 1. The van der Waals surface area contributed by atoms with E-state index in [1.54, 1.807) is 7.11 Å². The second-order valence-corrected chi connectivity index (χ2v) is 18.3. The molecule has 3 heterocycles. The van der Waals surface area contributed by atoms with Gasteiger partial charge in [0, 0.05) is 48.6 Å². The van der Waals surface area contributed by atoms with Crippen LogP contribution in [0.15, 0.2) is 85.2 Å². The van der Waals surface area contributed by atoms with Gasteiger partial charge in [-0.15, -0.1) is 5.10 Å². The van der Waals surface area contributed by atoms with Gasteiger partial charge in [-0.1, -0.05) is 72.9 Å². The van der Waals surface area contributed by atoms with E-state index < -0.39 is 8.07 Å². The van der Waals surface area contributed by atoms with Crippen LogP contribution < -0.4 is 15.2 Å². The van der Waals surface area contributed by atoms with Crippen molar-refractivity contribution in [1.29, 1.82) is 0 Å². The zero-order chi connectivity index (χ0) is 33.7. The summed E-state index contributed by atoms with van der Waals surface area (Å²) in [6.45, 7) is 8.09. The Hall–Kier alpha value is -4.25. The van der Waals surface area contributed by atoms with Crippen molar-refractivity contribution >= 4 is 35.8 Å². The molecule has 1 aliphatic heterocycles. The number of anilines is 1. The maximum Gasteiger partial charge on any atom is 0.228 e. The molecule has 0 spiro atoms. The van der Waals surface area contributed by atoms with E-state index >= 15 is 0 Å². The molecule has 9 nitrogen and oxygen atoms in total. The third-order valence-electron chi connectivity index (χ3n) is 10.1. The molecule has 4 atom stereocenters. The number of nitrogens with one attached hydrogen (secondary N) is 2. The van der Waals surface area contributed by atoms with Crippen molar-refractivity contribution in [3.05, 3.63) is 102 Å². The third-order valence-corrected chi connectivity index (χ3v) is 14.5. The van der Waals surface area contributed by atoms with E-state index in [4.69, 9.17) is 9.47 Å². The Morgan fingerprint density at radius 2 is 1.79 bits per heavy atom. The summed E-state index contributed by atoms with van der Waals surface area (Å²) in [5, 5.41) is 23.3. The molecular formula is C38H47N5O4Si. The van der Waals surface area contributed by atoms with Crippen molar-refractivity contribution < 1.29 is 19.4 Å². The fourth-order valence-corrected chi connectivity index (χ4v) is 11.7. The van der Waals surface area contributed by atoms with Crippen LogP contribution in [0.25, 0.3) is 10.9 Å². The van der Waals surface area contributed by atoms with Gasteiger partial charge < -0.3 is 24.9 Å². The smallest absolute Gasteiger partial charge is 0.228 e. The zero-order valence-corrected chi connectivity index (χ0v) is 29.4. The number of aromatic nitrogens is 4. The molecule has 1 fully saturated rings. The number of amides is 1. The molecule has 0 bridgehead atoms. The van der Waals surface area contributed by atoms with Gasteiger partial charge in [0.1, 0.15) is 5.75 Å². The predicted octanol–water partition coefficient (Wildman–Crippen LogP) is 5.90. The van der Waals surface area contributed by atoms with Crippen molar-refractivity contribution in [1.82, 2.24) is 20.0 Å². The number of aryl methyl sites for hydroxylation is 2. The lowest BCUT2D eigenvalue weighted by atomic mass is 9.95. The molecular weight excluding hydrogens is 619 g/mol. The Labute approximate surface area is 283 Å². The number of rotatable bonds is 14. The Kier molecular flexibility index (Phi) is 10.4. The molecule has 1 aliphatic rings. The van der Waals surface area contributed by atoms with Gasteiger partial charge in [0.25, 0.3) is 0 Å². The highest BCUT2D eigenvalue weighted by Crippen LogP contribution is 2.46. The van der Waals surface area contributed by atoms with Gasteiger partial charge in [0.15, 0.2) is 0 Å².